The summed E-state index contributed by atoms with van der Waals surface area (Å²) < 4.78 is 30.3. The number of amides is 1. The van der Waals surface area contributed by atoms with Crippen molar-refractivity contribution in [2.75, 3.05) is 24.7 Å². The second kappa shape index (κ2) is 7.06. The van der Waals surface area contributed by atoms with Gasteiger partial charge in [0.2, 0.25) is 21.8 Å². The standard InChI is InChI=1S/C16H23N3O4S/c1-24(21,22)19-9-7-14(8-10-19)23-15-6-5-13(11-17-15)18-16(20)12-3-2-4-12/h5-6,11-12,14H,2-4,7-10H2,1H3,(H,18,20). The van der Waals surface area contributed by atoms with Crippen molar-refractivity contribution in [1.29, 1.82) is 0 Å². The summed E-state index contributed by atoms with van der Waals surface area (Å²) in [5.41, 5.74) is 0.672. The molecule has 8 heteroatoms. The quantitative estimate of drug-likeness (QED) is 0.869. The molecular formula is C16H23N3O4S. The summed E-state index contributed by atoms with van der Waals surface area (Å²) >= 11 is 0. The van der Waals surface area contributed by atoms with Crippen LogP contribution >= 0.6 is 0 Å². The minimum absolute atomic E-state index is 0.0362. The van der Waals surface area contributed by atoms with Crippen LogP contribution in [0.5, 0.6) is 5.88 Å². The zero-order valence-electron chi connectivity index (χ0n) is 13.8. The first kappa shape index (κ1) is 17.2. The molecule has 0 atom stereocenters. The number of rotatable bonds is 5. The van der Waals surface area contributed by atoms with E-state index in [4.69, 9.17) is 4.74 Å². The Bertz CT molecular complexity index is 678. The van der Waals surface area contributed by atoms with Crippen LogP contribution in [0, 0.1) is 5.92 Å². The minimum Gasteiger partial charge on any atom is -0.474 e. The fourth-order valence-electron chi connectivity index (χ4n) is 2.89. The van der Waals surface area contributed by atoms with Crippen LogP contribution in [-0.2, 0) is 14.8 Å². The topological polar surface area (TPSA) is 88.6 Å². The Balaban J connectivity index is 1.49. The van der Waals surface area contributed by atoms with Gasteiger partial charge in [0.05, 0.1) is 18.1 Å². The molecule has 1 amide bonds. The molecule has 1 N–H and O–H groups in total. The number of hydrogen-bond donors (Lipinski definition) is 1. The molecule has 1 saturated heterocycles. The Labute approximate surface area is 142 Å². The highest BCUT2D eigenvalue weighted by Crippen LogP contribution is 2.27. The van der Waals surface area contributed by atoms with Gasteiger partial charge >= 0.3 is 0 Å². The van der Waals surface area contributed by atoms with Gasteiger partial charge in [0.15, 0.2) is 0 Å². The second-order valence-corrected chi connectivity index (χ2v) is 8.46. The predicted molar refractivity (Wildman–Crippen MR) is 90.3 cm³/mol. The number of nitrogens with zero attached hydrogens (tertiary/aromatic N) is 2. The summed E-state index contributed by atoms with van der Waals surface area (Å²) in [5, 5.41) is 2.87. The largest absolute Gasteiger partial charge is 0.474 e. The van der Waals surface area contributed by atoms with E-state index in [1.807, 2.05) is 0 Å². The van der Waals surface area contributed by atoms with Crippen LogP contribution in [0.15, 0.2) is 18.3 Å². The highest BCUT2D eigenvalue weighted by molar-refractivity contribution is 7.88. The molecule has 1 aromatic heterocycles. The molecule has 1 aliphatic carbocycles. The molecule has 0 radical (unpaired) electrons. The van der Waals surface area contributed by atoms with E-state index < -0.39 is 10.0 Å². The number of carbonyl (C=O) groups is 1. The predicted octanol–water partition coefficient (Wildman–Crippen LogP) is 1.62. The van der Waals surface area contributed by atoms with Crippen LogP contribution in [0.1, 0.15) is 32.1 Å². The number of carbonyl (C=O) groups excluding carboxylic acids is 1. The second-order valence-electron chi connectivity index (χ2n) is 6.48. The van der Waals surface area contributed by atoms with Crippen LogP contribution in [0.3, 0.4) is 0 Å². The molecule has 7 nitrogen and oxygen atoms in total. The van der Waals surface area contributed by atoms with Crippen LogP contribution < -0.4 is 10.1 Å². The van der Waals surface area contributed by atoms with Gasteiger partial charge in [-0.3, -0.25) is 4.79 Å². The van der Waals surface area contributed by atoms with Gasteiger partial charge in [0.25, 0.3) is 0 Å². The molecule has 1 saturated carbocycles. The van der Waals surface area contributed by atoms with Crippen LogP contribution in [0.4, 0.5) is 5.69 Å². The maximum atomic E-state index is 11.9. The van der Waals surface area contributed by atoms with E-state index in [9.17, 15) is 13.2 Å². The lowest BCUT2D eigenvalue weighted by molar-refractivity contribution is -0.122. The number of aromatic nitrogens is 1. The molecule has 0 aromatic carbocycles. The number of hydrogen-bond acceptors (Lipinski definition) is 5. The third kappa shape index (κ3) is 4.24. The number of anilines is 1. The lowest BCUT2D eigenvalue weighted by atomic mass is 9.85. The summed E-state index contributed by atoms with van der Waals surface area (Å²) in [6, 6.07) is 3.52. The van der Waals surface area contributed by atoms with E-state index in [1.165, 1.54) is 10.6 Å². The zero-order chi connectivity index (χ0) is 17.2. The van der Waals surface area contributed by atoms with Crippen molar-refractivity contribution in [1.82, 2.24) is 9.29 Å². The Morgan fingerprint density at radius 2 is 1.96 bits per heavy atom. The number of nitrogens with one attached hydrogen (secondary N) is 1. The third-order valence-corrected chi connectivity index (χ3v) is 5.94. The van der Waals surface area contributed by atoms with Gasteiger partial charge in [0, 0.05) is 25.1 Å². The fourth-order valence-corrected chi connectivity index (χ4v) is 3.77. The average molecular weight is 353 g/mol. The number of pyridine rings is 1. The summed E-state index contributed by atoms with van der Waals surface area (Å²) in [7, 11) is -3.12. The van der Waals surface area contributed by atoms with Crippen molar-refractivity contribution in [2.24, 2.45) is 5.92 Å². The third-order valence-electron chi connectivity index (χ3n) is 4.64. The molecule has 132 valence electrons. The van der Waals surface area contributed by atoms with E-state index in [0.29, 0.717) is 37.5 Å². The SMILES string of the molecule is CS(=O)(=O)N1CCC(Oc2ccc(NC(=O)C3CCC3)cn2)CC1. The van der Waals surface area contributed by atoms with Crippen molar-refractivity contribution in [3.8, 4) is 5.88 Å². The first-order valence-electron chi connectivity index (χ1n) is 8.30. The molecular weight excluding hydrogens is 330 g/mol. The average Bonchev–Trinajstić information content (AvgIpc) is 2.47. The highest BCUT2D eigenvalue weighted by Gasteiger charge is 2.27. The molecule has 1 aromatic rings. The molecule has 2 heterocycles. The van der Waals surface area contributed by atoms with Gasteiger partial charge in [-0.15, -0.1) is 0 Å². The van der Waals surface area contributed by atoms with Gasteiger partial charge in [-0.05, 0) is 31.7 Å². The van der Waals surface area contributed by atoms with E-state index in [2.05, 4.69) is 10.3 Å². The lowest BCUT2D eigenvalue weighted by Crippen LogP contribution is -2.41. The summed E-state index contributed by atoms with van der Waals surface area (Å²) in [6.07, 6.45) is 7.14. The van der Waals surface area contributed by atoms with Gasteiger partial charge in [-0.2, -0.15) is 0 Å². The maximum Gasteiger partial charge on any atom is 0.227 e. The van der Waals surface area contributed by atoms with E-state index in [1.54, 1.807) is 18.3 Å². The zero-order valence-corrected chi connectivity index (χ0v) is 14.6. The molecule has 0 unspecified atom stereocenters. The van der Waals surface area contributed by atoms with Crippen molar-refractivity contribution < 1.29 is 17.9 Å². The van der Waals surface area contributed by atoms with Crippen molar-refractivity contribution in [3.63, 3.8) is 0 Å². The lowest BCUT2D eigenvalue weighted by Gasteiger charge is -2.30. The molecule has 24 heavy (non-hydrogen) atoms. The first-order chi connectivity index (χ1) is 11.4. The first-order valence-corrected chi connectivity index (χ1v) is 10.2. The molecule has 2 aliphatic rings. The molecule has 1 aliphatic heterocycles. The summed E-state index contributed by atoms with van der Waals surface area (Å²) in [5.74, 6) is 0.695. The number of piperidine rings is 1. The summed E-state index contributed by atoms with van der Waals surface area (Å²) in [4.78, 5) is 16.1. The van der Waals surface area contributed by atoms with Crippen molar-refractivity contribution in [3.05, 3.63) is 18.3 Å². The van der Waals surface area contributed by atoms with Crippen LogP contribution in [0.2, 0.25) is 0 Å². The Hall–Kier alpha value is -1.67. The monoisotopic (exact) mass is 353 g/mol. The molecule has 0 bridgehead atoms. The van der Waals surface area contributed by atoms with E-state index in [-0.39, 0.29) is 17.9 Å². The Morgan fingerprint density at radius 1 is 1.25 bits per heavy atom. The highest BCUT2D eigenvalue weighted by atomic mass is 32.2. The molecule has 0 spiro atoms. The van der Waals surface area contributed by atoms with Crippen molar-refractivity contribution >= 4 is 21.6 Å². The smallest absolute Gasteiger partial charge is 0.227 e. The van der Waals surface area contributed by atoms with E-state index in [0.717, 1.165) is 19.3 Å². The number of sulfonamides is 1. The van der Waals surface area contributed by atoms with Gasteiger partial charge in [0.1, 0.15) is 6.10 Å². The van der Waals surface area contributed by atoms with Crippen molar-refractivity contribution in [2.45, 2.75) is 38.2 Å². The van der Waals surface area contributed by atoms with E-state index >= 15 is 0 Å². The number of ether oxygens (including phenoxy) is 1. The van der Waals surface area contributed by atoms with Gasteiger partial charge < -0.3 is 10.1 Å². The van der Waals surface area contributed by atoms with Crippen LogP contribution in [-0.4, -0.2) is 49.1 Å². The van der Waals surface area contributed by atoms with Crippen LogP contribution in [0.25, 0.3) is 0 Å². The Kier molecular flexibility index (Phi) is 5.05. The summed E-state index contributed by atoms with van der Waals surface area (Å²) in [6.45, 7) is 0.943. The van der Waals surface area contributed by atoms with Gasteiger partial charge in [-0.25, -0.2) is 17.7 Å². The maximum absolute atomic E-state index is 11.9. The van der Waals surface area contributed by atoms with Gasteiger partial charge in [-0.1, -0.05) is 6.42 Å². The normalized spacial score (nSPS) is 20.4. The Morgan fingerprint density at radius 3 is 2.46 bits per heavy atom. The minimum atomic E-state index is -3.12. The molecule has 2 fully saturated rings. The fraction of sp³-hybridized carbons (Fsp3) is 0.625. The molecule has 3 rings (SSSR count).